The Morgan fingerprint density at radius 2 is 1.89 bits per heavy atom. The zero-order valence-corrected chi connectivity index (χ0v) is 17.3. The van der Waals surface area contributed by atoms with Gasteiger partial charge in [0.25, 0.3) is 5.91 Å². The summed E-state index contributed by atoms with van der Waals surface area (Å²) in [7, 11) is -3.93. The maximum absolute atomic E-state index is 13.6. The van der Waals surface area contributed by atoms with Crippen molar-refractivity contribution in [2.24, 2.45) is 0 Å². The topological polar surface area (TPSA) is 76.4 Å². The van der Waals surface area contributed by atoms with Gasteiger partial charge in [-0.3, -0.25) is 4.79 Å². The fraction of sp³-hybridized carbons (Fsp3) is 0.150. The number of carbonyl (C=O) groups is 1. The molecule has 1 aromatic heterocycles. The van der Waals surface area contributed by atoms with E-state index in [9.17, 15) is 17.6 Å². The van der Waals surface area contributed by atoms with Crippen molar-refractivity contribution in [3.8, 4) is 0 Å². The van der Waals surface area contributed by atoms with Gasteiger partial charge in [0.2, 0.25) is 0 Å². The molecule has 0 aliphatic carbocycles. The van der Waals surface area contributed by atoms with E-state index >= 15 is 0 Å². The number of benzene rings is 2. The van der Waals surface area contributed by atoms with Crippen LogP contribution in [-0.4, -0.2) is 20.9 Å². The fourth-order valence-electron chi connectivity index (χ4n) is 2.68. The van der Waals surface area contributed by atoms with Crippen LogP contribution >= 0.6 is 15.9 Å². The lowest BCUT2D eigenvalue weighted by Gasteiger charge is -2.17. The Kier molecular flexibility index (Phi) is 6.00. The van der Waals surface area contributed by atoms with Gasteiger partial charge in [-0.25, -0.2) is 12.8 Å². The van der Waals surface area contributed by atoms with E-state index < -0.39 is 26.8 Å². The van der Waals surface area contributed by atoms with Crippen LogP contribution in [0, 0.1) is 12.7 Å². The molecule has 0 spiro atoms. The lowest BCUT2D eigenvalue weighted by atomic mass is 10.2. The molecule has 5 nitrogen and oxygen atoms in total. The van der Waals surface area contributed by atoms with Crippen LogP contribution < -0.4 is 5.32 Å². The standard InChI is InChI=1S/C20H17BrFNO4S/c1-13-11-16(8-9-17(13)22)28(25,26)19(18-3-2-10-27-18)12-23-20(24)14-4-6-15(21)7-5-14/h2-11,19H,12H2,1H3,(H,23,24)/t19-/m1/s1. The van der Waals surface area contributed by atoms with E-state index in [0.29, 0.717) is 5.56 Å². The second-order valence-electron chi connectivity index (χ2n) is 6.18. The molecule has 0 bridgehead atoms. The average molecular weight is 466 g/mol. The summed E-state index contributed by atoms with van der Waals surface area (Å²) in [5.74, 6) is -0.704. The van der Waals surface area contributed by atoms with E-state index in [2.05, 4.69) is 21.2 Å². The van der Waals surface area contributed by atoms with Crippen LogP contribution in [0.4, 0.5) is 4.39 Å². The molecular weight excluding hydrogens is 449 g/mol. The number of hydrogen-bond acceptors (Lipinski definition) is 4. The number of sulfone groups is 1. The van der Waals surface area contributed by atoms with Crippen molar-refractivity contribution in [1.82, 2.24) is 5.32 Å². The number of hydrogen-bond donors (Lipinski definition) is 1. The zero-order valence-electron chi connectivity index (χ0n) is 14.9. The second-order valence-corrected chi connectivity index (χ2v) is 9.22. The van der Waals surface area contributed by atoms with Crippen molar-refractivity contribution in [3.05, 3.63) is 88.0 Å². The molecule has 0 aliphatic heterocycles. The molecule has 8 heteroatoms. The van der Waals surface area contributed by atoms with Gasteiger partial charge >= 0.3 is 0 Å². The van der Waals surface area contributed by atoms with Crippen molar-refractivity contribution in [2.45, 2.75) is 17.1 Å². The first-order valence-corrected chi connectivity index (χ1v) is 10.7. The van der Waals surface area contributed by atoms with Crippen LogP contribution in [0.25, 0.3) is 0 Å². The lowest BCUT2D eigenvalue weighted by molar-refractivity contribution is 0.0953. The molecule has 0 saturated carbocycles. The number of aryl methyl sites for hydroxylation is 1. The Morgan fingerprint density at radius 1 is 1.18 bits per heavy atom. The van der Waals surface area contributed by atoms with Gasteiger partial charge in [-0.2, -0.15) is 0 Å². The summed E-state index contributed by atoms with van der Waals surface area (Å²) in [6, 6.07) is 13.4. The third-order valence-electron chi connectivity index (χ3n) is 4.25. The minimum Gasteiger partial charge on any atom is -0.468 e. The van der Waals surface area contributed by atoms with Crippen molar-refractivity contribution < 1.29 is 22.0 Å². The zero-order chi connectivity index (χ0) is 20.3. The summed E-state index contributed by atoms with van der Waals surface area (Å²) in [6.07, 6.45) is 1.37. The maximum Gasteiger partial charge on any atom is 0.251 e. The summed E-state index contributed by atoms with van der Waals surface area (Å²) in [5.41, 5.74) is 0.620. The Balaban J connectivity index is 1.88. The van der Waals surface area contributed by atoms with Crippen LogP contribution in [0.15, 0.2) is 74.6 Å². The molecule has 28 heavy (non-hydrogen) atoms. The third-order valence-corrected chi connectivity index (χ3v) is 6.84. The quantitative estimate of drug-likeness (QED) is 0.546. The van der Waals surface area contributed by atoms with Crippen molar-refractivity contribution in [2.75, 3.05) is 6.54 Å². The van der Waals surface area contributed by atoms with Crippen molar-refractivity contribution in [3.63, 3.8) is 0 Å². The van der Waals surface area contributed by atoms with E-state index in [-0.39, 0.29) is 22.8 Å². The van der Waals surface area contributed by atoms with Crippen LogP contribution in [0.5, 0.6) is 0 Å². The normalized spacial score (nSPS) is 12.5. The highest BCUT2D eigenvalue weighted by Gasteiger charge is 2.32. The molecule has 146 valence electrons. The smallest absolute Gasteiger partial charge is 0.251 e. The number of halogens is 2. The molecule has 1 N–H and O–H groups in total. The predicted molar refractivity (Wildman–Crippen MR) is 106 cm³/mol. The summed E-state index contributed by atoms with van der Waals surface area (Å²) < 4.78 is 46.0. The molecule has 3 aromatic rings. The molecule has 0 unspecified atom stereocenters. The third kappa shape index (κ3) is 4.34. The highest BCUT2D eigenvalue weighted by molar-refractivity contribution is 9.10. The van der Waals surface area contributed by atoms with Gasteiger partial charge in [0.15, 0.2) is 9.84 Å². The van der Waals surface area contributed by atoms with Crippen LogP contribution in [0.2, 0.25) is 0 Å². The first-order chi connectivity index (χ1) is 13.3. The highest BCUT2D eigenvalue weighted by Crippen LogP contribution is 2.30. The van der Waals surface area contributed by atoms with Crippen molar-refractivity contribution >= 4 is 31.7 Å². The Hall–Kier alpha value is -2.45. The maximum atomic E-state index is 13.6. The number of furan rings is 1. The molecule has 1 amide bonds. The van der Waals surface area contributed by atoms with E-state index in [1.54, 1.807) is 30.3 Å². The molecule has 0 aliphatic rings. The number of carbonyl (C=O) groups excluding carboxylic acids is 1. The van der Waals surface area contributed by atoms with Gasteiger partial charge in [-0.05, 0) is 67.1 Å². The van der Waals surface area contributed by atoms with Crippen LogP contribution in [-0.2, 0) is 9.84 Å². The Bertz CT molecular complexity index is 1080. The number of amides is 1. The van der Waals surface area contributed by atoms with Gasteiger partial charge in [0.05, 0.1) is 11.2 Å². The van der Waals surface area contributed by atoms with Gasteiger partial charge in [0.1, 0.15) is 16.8 Å². The Morgan fingerprint density at radius 3 is 2.50 bits per heavy atom. The molecule has 1 atom stereocenters. The van der Waals surface area contributed by atoms with E-state index in [0.717, 1.165) is 10.5 Å². The second kappa shape index (κ2) is 8.28. The Labute approximate surface area is 170 Å². The molecule has 2 aromatic carbocycles. The van der Waals surface area contributed by atoms with Gasteiger partial charge < -0.3 is 9.73 Å². The predicted octanol–water partition coefficient (Wildman–Crippen LogP) is 4.43. The van der Waals surface area contributed by atoms with Crippen molar-refractivity contribution in [1.29, 1.82) is 0 Å². The van der Waals surface area contributed by atoms with Crippen LogP contribution in [0.3, 0.4) is 0 Å². The first kappa shape index (κ1) is 20.3. The van der Waals surface area contributed by atoms with Gasteiger partial charge in [0, 0.05) is 16.6 Å². The van der Waals surface area contributed by atoms with Crippen LogP contribution in [0.1, 0.15) is 26.9 Å². The molecule has 0 radical (unpaired) electrons. The minimum absolute atomic E-state index is 0.0364. The molecule has 0 fully saturated rings. The summed E-state index contributed by atoms with van der Waals surface area (Å²) in [5, 5.41) is 1.49. The average Bonchev–Trinajstić information content (AvgIpc) is 3.18. The minimum atomic E-state index is -3.93. The molecule has 3 rings (SSSR count). The monoisotopic (exact) mass is 465 g/mol. The molecule has 1 heterocycles. The molecule has 0 saturated heterocycles. The van der Waals surface area contributed by atoms with E-state index in [1.807, 2.05) is 0 Å². The SMILES string of the molecule is Cc1cc(S(=O)(=O)[C@H](CNC(=O)c2ccc(Br)cc2)c2ccco2)ccc1F. The highest BCUT2D eigenvalue weighted by atomic mass is 79.9. The summed E-state index contributed by atoms with van der Waals surface area (Å²) in [4.78, 5) is 12.4. The number of rotatable bonds is 6. The lowest BCUT2D eigenvalue weighted by Crippen LogP contribution is -2.31. The summed E-state index contributed by atoms with van der Waals surface area (Å²) in [6.45, 7) is 1.30. The fourth-order valence-corrected chi connectivity index (χ4v) is 4.62. The number of nitrogens with one attached hydrogen (secondary N) is 1. The van der Waals surface area contributed by atoms with E-state index in [4.69, 9.17) is 4.42 Å². The van der Waals surface area contributed by atoms with E-state index in [1.165, 1.54) is 31.4 Å². The molecular formula is C20H17BrFNO4S. The first-order valence-electron chi connectivity index (χ1n) is 8.36. The van der Waals surface area contributed by atoms with Gasteiger partial charge in [-0.1, -0.05) is 15.9 Å². The largest absolute Gasteiger partial charge is 0.468 e. The summed E-state index contributed by atoms with van der Waals surface area (Å²) >= 11 is 3.30. The van der Waals surface area contributed by atoms with Gasteiger partial charge in [-0.15, -0.1) is 0 Å².